The number of nitrogens with zero attached hydrogens (tertiary/aromatic N) is 3. The molecule has 0 unspecified atom stereocenters. The highest BCUT2D eigenvalue weighted by atomic mass is 19.4. The van der Waals surface area contributed by atoms with Crippen molar-refractivity contribution in [1.29, 1.82) is 0 Å². The van der Waals surface area contributed by atoms with Gasteiger partial charge in [-0.25, -0.2) is 14.8 Å². The second kappa shape index (κ2) is 8.70. The van der Waals surface area contributed by atoms with E-state index in [-0.39, 0.29) is 6.54 Å². The van der Waals surface area contributed by atoms with Crippen LogP contribution >= 0.6 is 0 Å². The van der Waals surface area contributed by atoms with Crippen molar-refractivity contribution in [3.05, 3.63) is 78.6 Å². The average Bonchev–Trinajstić information content (AvgIpc) is 3.13. The Kier molecular flexibility index (Phi) is 5.81. The molecule has 1 N–H and O–H groups in total. The van der Waals surface area contributed by atoms with Crippen molar-refractivity contribution >= 4 is 22.7 Å². The standard InChI is InChI=1S/C23H19F3N4O2/c1-30-18-10-6-5-9-16(18)11-19(30)17-12-21(29-14-28-17)27-13-20(15-7-3-2-4-8-15)32-22(31)23(24,25)26/h2-12,14,20H,13H2,1H3,(H,27,28,29)/t20-/m0/s1. The van der Waals surface area contributed by atoms with Crippen LogP contribution in [-0.4, -0.2) is 33.2 Å². The summed E-state index contributed by atoms with van der Waals surface area (Å²) in [7, 11) is 1.93. The molecule has 4 rings (SSSR count). The normalized spacial score (nSPS) is 12.5. The summed E-state index contributed by atoms with van der Waals surface area (Å²) in [5.41, 5.74) is 2.98. The number of para-hydroxylation sites is 1. The van der Waals surface area contributed by atoms with Gasteiger partial charge in [0.1, 0.15) is 18.2 Å². The van der Waals surface area contributed by atoms with Gasteiger partial charge in [0.05, 0.1) is 17.9 Å². The Bertz CT molecular complexity index is 1240. The summed E-state index contributed by atoms with van der Waals surface area (Å²) >= 11 is 0. The number of carbonyl (C=O) groups is 1. The summed E-state index contributed by atoms with van der Waals surface area (Å²) in [4.78, 5) is 19.9. The van der Waals surface area contributed by atoms with Crippen LogP contribution in [0.2, 0.25) is 0 Å². The molecule has 0 fully saturated rings. The van der Waals surface area contributed by atoms with Gasteiger partial charge in [-0.2, -0.15) is 13.2 Å². The first kappa shape index (κ1) is 21.4. The summed E-state index contributed by atoms with van der Waals surface area (Å²) < 4.78 is 44.9. The number of halogens is 3. The van der Waals surface area contributed by atoms with Gasteiger partial charge < -0.3 is 14.6 Å². The molecule has 9 heteroatoms. The molecule has 0 saturated heterocycles. The fourth-order valence-corrected chi connectivity index (χ4v) is 3.42. The highest BCUT2D eigenvalue weighted by Gasteiger charge is 2.42. The summed E-state index contributed by atoms with van der Waals surface area (Å²) in [6.45, 7) is -0.0998. The van der Waals surface area contributed by atoms with Gasteiger partial charge in [-0.05, 0) is 17.7 Å². The first-order chi connectivity index (χ1) is 15.3. The molecule has 32 heavy (non-hydrogen) atoms. The molecule has 164 valence electrons. The quantitative estimate of drug-likeness (QED) is 0.432. The molecule has 0 aliphatic rings. The van der Waals surface area contributed by atoms with E-state index in [0.717, 1.165) is 16.6 Å². The van der Waals surface area contributed by atoms with E-state index in [1.54, 1.807) is 36.4 Å². The van der Waals surface area contributed by atoms with Gasteiger partial charge in [0.25, 0.3) is 0 Å². The first-order valence-corrected chi connectivity index (χ1v) is 9.76. The monoisotopic (exact) mass is 440 g/mol. The van der Waals surface area contributed by atoms with Crippen molar-refractivity contribution in [3.63, 3.8) is 0 Å². The molecule has 0 radical (unpaired) electrons. The van der Waals surface area contributed by atoms with Gasteiger partial charge in [-0.1, -0.05) is 48.5 Å². The number of esters is 1. The molecular formula is C23H19F3N4O2. The van der Waals surface area contributed by atoms with Gasteiger partial charge in [0.15, 0.2) is 0 Å². The molecule has 0 aliphatic heterocycles. The predicted octanol–water partition coefficient (Wildman–Crippen LogP) is 4.89. The lowest BCUT2D eigenvalue weighted by Crippen LogP contribution is -2.29. The molecule has 1 atom stereocenters. The van der Waals surface area contributed by atoms with E-state index >= 15 is 0 Å². The molecule has 2 aromatic carbocycles. The molecule has 2 heterocycles. The van der Waals surface area contributed by atoms with Crippen molar-refractivity contribution in [3.8, 4) is 11.4 Å². The van der Waals surface area contributed by atoms with Crippen molar-refractivity contribution in [2.24, 2.45) is 7.05 Å². The summed E-state index contributed by atoms with van der Waals surface area (Å²) in [6.07, 6.45) is -4.86. The van der Waals surface area contributed by atoms with Gasteiger partial charge in [-0.3, -0.25) is 0 Å². The van der Waals surface area contributed by atoms with E-state index in [4.69, 9.17) is 4.74 Å². The Morgan fingerprint density at radius 1 is 1.06 bits per heavy atom. The lowest BCUT2D eigenvalue weighted by atomic mass is 10.1. The Balaban J connectivity index is 1.56. The highest BCUT2D eigenvalue weighted by Crippen LogP contribution is 2.28. The lowest BCUT2D eigenvalue weighted by molar-refractivity contribution is -0.204. The van der Waals surface area contributed by atoms with Gasteiger partial charge >= 0.3 is 12.1 Å². The van der Waals surface area contributed by atoms with E-state index in [0.29, 0.717) is 17.1 Å². The highest BCUT2D eigenvalue weighted by molar-refractivity contribution is 5.86. The predicted molar refractivity (Wildman–Crippen MR) is 114 cm³/mol. The third-order valence-electron chi connectivity index (χ3n) is 5.00. The van der Waals surface area contributed by atoms with Crippen LogP contribution in [0.4, 0.5) is 19.0 Å². The minimum atomic E-state index is -5.08. The number of benzene rings is 2. The molecule has 0 spiro atoms. The van der Waals surface area contributed by atoms with Crippen LogP contribution in [0.25, 0.3) is 22.3 Å². The number of hydrogen-bond acceptors (Lipinski definition) is 5. The Morgan fingerprint density at radius 2 is 1.78 bits per heavy atom. The number of alkyl halides is 3. The molecule has 0 aliphatic carbocycles. The lowest BCUT2D eigenvalue weighted by Gasteiger charge is -2.20. The number of nitrogens with one attached hydrogen (secondary N) is 1. The second-order valence-electron chi connectivity index (χ2n) is 7.12. The third-order valence-corrected chi connectivity index (χ3v) is 5.00. The van der Waals surface area contributed by atoms with Crippen molar-refractivity contribution < 1.29 is 22.7 Å². The van der Waals surface area contributed by atoms with Crippen LogP contribution in [-0.2, 0) is 16.6 Å². The van der Waals surface area contributed by atoms with E-state index in [1.807, 2.05) is 41.9 Å². The Labute approximate surface area is 181 Å². The molecule has 0 saturated carbocycles. The largest absolute Gasteiger partial charge is 0.490 e. The van der Waals surface area contributed by atoms with Crippen molar-refractivity contribution in [2.45, 2.75) is 12.3 Å². The maximum atomic E-state index is 12.7. The summed E-state index contributed by atoms with van der Waals surface area (Å²) in [5, 5.41) is 4.02. The molecule has 2 aromatic heterocycles. The minimum Gasteiger partial charge on any atom is -0.449 e. The number of fused-ring (bicyclic) bond motifs is 1. The summed E-state index contributed by atoms with van der Waals surface area (Å²) in [6, 6.07) is 19.8. The number of hydrogen-bond donors (Lipinski definition) is 1. The molecular weight excluding hydrogens is 421 g/mol. The molecule has 4 aromatic rings. The van der Waals surface area contributed by atoms with E-state index < -0.39 is 18.2 Å². The minimum absolute atomic E-state index is 0.0998. The van der Waals surface area contributed by atoms with Crippen molar-refractivity contribution in [1.82, 2.24) is 14.5 Å². The number of aromatic nitrogens is 3. The molecule has 0 bridgehead atoms. The zero-order chi connectivity index (χ0) is 22.7. The van der Waals surface area contributed by atoms with Crippen molar-refractivity contribution in [2.75, 3.05) is 11.9 Å². The third kappa shape index (κ3) is 4.56. The average molecular weight is 440 g/mol. The maximum Gasteiger partial charge on any atom is 0.490 e. The van der Waals surface area contributed by atoms with Gasteiger partial charge in [0.2, 0.25) is 0 Å². The fraction of sp³-hybridized carbons (Fsp3) is 0.174. The van der Waals surface area contributed by atoms with Gasteiger partial charge in [0, 0.05) is 24.0 Å². The van der Waals surface area contributed by atoms with Gasteiger partial charge in [-0.15, -0.1) is 0 Å². The SMILES string of the molecule is Cn1c(-c2cc(NC[C@H](OC(=O)C(F)(F)F)c3ccccc3)ncn2)cc2ccccc21. The van der Waals surface area contributed by atoms with E-state index in [1.165, 1.54) is 6.33 Å². The molecule has 0 amide bonds. The number of ether oxygens (including phenoxy) is 1. The Morgan fingerprint density at radius 3 is 2.50 bits per heavy atom. The maximum absolute atomic E-state index is 12.7. The van der Waals surface area contributed by atoms with Crippen LogP contribution in [0.5, 0.6) is 0 Å². The van der Waals surface area contributed by atoms with Crippen LogP contribution < -0.4 is 5.32 Å². The second-order valence-corrected chi connectivity index (χ2v) is 7.12. The first-order valence-electron chi connectivity index (χ1n) is 9.76. The molecule has 6 nitrogen and oxygen atoms in total. The van der Waals surface area contributed by atoms with E-state index in [2.05, 4.69) is 15.3 Å². The topological polar surface area (TPSA) is 69.0 Å². The zero-order valence-corrected chi connectivity index (χ0v) is 17.0. The number of rotatable bonds is 6. The van der Waals surface area contributed by atoms with Crippen LogP contribution in [0.1, 0.15) is 11.7 Å². The van der Waals surface area contributed by atoms with E-state index in [9.17, 15) is 18.0 Å². The fourth-order valence-electron chi connectivity index (χ4n) is 3.42. The van der Waals surface area contributed by atoms with Crippen LogP contribution in [0.3, 0.4) is 0 Å². The zero-order valence-electron chi connectivity index (χ0n) is 17.0. The smallest absolute Gasteiger partial charge is 0.449 e. The summed E-state index contributed by atoms with van der Waals surface area (Å²) in [5.74, 6) is -1.85. The Hall–Kier alpha value is -3.88. The number of carbonyl (C=O) groups excluding carboxylic acids is 1. The van der Waals surface area contributed by atoms with Crippen LogP contribution in [0.15, 0.2) is 73.1 Å². The number of aryl methyl sites for hydroxylation is 1. The number of anilines is 1. The van der Waals surface area contributed by atoms with Crippen LogP contribution in [0, 0.1) is 0 Å².